The van der Waals surface area contributed by atoms with Crippen molar-refractivity contribution in [2.75, 3.05) is 26.7 Å². The quantitative estimate of drug-likeness (QED) is 0.162. The minimum atomic E-state index is -7.40. The highest BCUT2D eigenvalue weighted by atomic mass is 32.2. The van der Waals surface area contributed by atoms with Crippen LogP contribution in [0.1, 0.15) is 56.6 Å². The summed E-state index contributed by atoms with van der Waals surface area (Å²) in [4.78, 5) is -5.57. The fraction of sp³-hybridized carbons (Fsp3) is 0.536. The fourth-order valence-electron chi connectivity index (χ4n) is 5.33. The van der Waals surface area contributed by atoms with Crippen molar-refractivity contribution in [3.8, 4) is 0 Å². The Kier molecular flexibility index (Phi) is 10.4. The standard InChI is InChI=1S/C17H7F10NO4S2.C11H24N/c18-14(19,20)16(24,25)33(29,30)11-6-9-8-4-2-1-3-7(8)5-10(9)12(28)13(11)34(31,32)17(26,27)15(21,22)23;1-3-4-5-6-9-12(2)10-7-8-11-12/h1-6,28H;3-11H2,1-2H3/q;+1. The van der Waals surface area contributed by atoms with Gasteiger partial charge in [-0.2, -0.15) is 43.9 Å². The summed E-state index contributed by atoms with van der Waals surface area (Å²) in [5, 5.41) is -5.85. The van der Waals surface area contributed by atoms with Crippen LogP contribution in [0.25, 0.3) is 11.6 Å². The number of nitrogens with zero attached hydrogens (tertiary/aromatic N) is 1. The summed E-state index contributed by atoms with van der Waals surface area (Å²) in [7, 11) is -12.3. The average Bonchev–Trinajstić information content (AvgIpc) is 3.54. The van der Waals surface area contributed by atoms with Crippen LogP contribution in [0.3, 0.4) is 0 Å². The third-order valence-corrected chi connectivity index (χ3v) is 11.7. The van der Waals surface area contributed by atoms with Crippen LogP contribution in [0.4, 0.5) is 43.9 Å². The van der Waals surface area contributed by atoms with Crippen LogP contribution in [-0.4, -0.2) is 76.6 Å². The predicted octanol–water partition coefficient (Wildman–Crippen LogP) is 7.66. The third-order valence-electron chi connectivity index (χ3n) is 7.93. The van der Waals surface area contributed by atoms with Crippen molar-refractivity contribution in [3.63, 3.8) is 0 Å². The maximum absolute atomic E-state index is 13.9. The van der Waals surface area contributed by atoms with Crippen LogP contribution >= 0.6 is 0 Å². The van der Waals surface area contributed by atoms with E-state index in [0.29, 0.717) is 0 Å². The first-order chi connectivity index (χ1) is 20.9. The maximum atomic E-state index is 13.9. The highest BCUT2D eigenvalue weighted by Crippen LogP contribution is 2.52. The first-order valence-electron chi connectivity index (χ1n) is 14.0. The molecule has 1 aromatic carbocycles. The molecule has 0 amide bonds. The highest BCUT2D eigenvalue weighted by molar-refractivity contribution is 8.01. The molecule has 1 aromatic rings. The lowest BCUT2D eigenvalue weighted by atomic mass is 9.95. The summed E-state index contributed by atoms with van der Waals surface area (Å²) < 4.78 is 183. The molecule has 46 heavy (non-hydrogen) atoms. The predicted molar refractivity (Wildman–Crippen MR) is 151 cm³/mol. The summed E-state index contributed by atoms with van der Waals surface area (Å²) in [6.45, 7) is 6.59. The first kappa shape index (κ1) is 37.7. The number of unbranched alkanes of at least 4 members (excludes halogenated alkanes) is 3. The molecule has 1 fully saturated rings. The van der Waals surface area contributed by atoms with Crippen molar-refractivity contribution in [3.05, 3.63) is 56.9 Å². The molecule has 0 unspecified atom stereocenters. The number of hydrogen-bond acceptors (Lipinski definition) is 5. The molecular formula is C28H31F10N2O4S2+. The van der Waals surface area contributed by atoms with Gasteiger partial charge in [0.25, 0.3) is 19.7 Å². The molecule has 3 aliphatic rings. The zero-order valence-corrected chi connectivity index (χ0v) is 26.1. The molecule has 2 aliphatic carbocycles. The van der Waals surface area contributed by atoms with Gasteiger partial charge in [-0.3, -0.25) is 5.41 Å². The number of quaternary nitrogens is 1. The van der Waals surface area contributed by atoms with Crippen molar-refractivity contribution in [1.29, 1.82) is 5.41 Å². The van der Waals surface area contributed by atoms with E-state index in [1.165, 1.54) is 80.8 Å². The van der Waals surface area contributed by atoms with Gasteiger partial charge in [0.2, 0.25) is 0 Å². The van der Waals surface area contributed by atoms with Crippen molar-refractivity contribution in [2.45, 2.75) is 68.3 Å². The molecule has 1 heterocycles. The van der Waals surface area contributed by atoms with Crippen LogP contribution in [0, 0.1) is 5.41 Å². The molecule has 0 radical (unpaired) electrons. The van der Waals surface area contributed by atoms with Gasteiger partial charge < -0.3 is 4.48 Å². The van der Waals surface area contributed by atoms with E-state index in [0.717, 1.165) is 12.1 Å². The Morgan fingerprint density at radius 2 is 1.26 bits per heavy atom. The summed E-state index contributed by atoms with van der Waals surface area (Å²) >= 11 is 0. The van der Waals surface area contributed by atoms with Crippen LogP contribution in [0.15, 0.2) is 45.7 Å². The van der Waals surface area contributed by atoms with Gasteiger partial charge >= 0.3 is 22.9 Å². The number of hydrogen-bond donors (Lipinski definition) is 1. The van der Waals surface area contributed by atoms with Gasteiger partial charge in [-0.15, -0.1) is 0 Å². The lowest BCUT2D eigenvalue weighted by molar-refractivity contribution is -0.897. The van der Waals surface area contributed by atoms with E-state index in [2.05, 4.69) is 14.0 Å². The van der Waals surface area contributed by atoms with Crippen molar-refractivity contribution in [2.24, 2.45) is 0 Å². The minimum Gasteiger partial charge on any atom is -0.326 e. The van der Waals surface area contributed by atoms with Crippen molar-refractivity contribution >= 4 is 37.0 Å². The minimum absolute atomic E-state index is 0.0223. The van der Waals surface area contributed by atoms with Gasteiger partial charge in [0.05, 0.1) is 37.3 Å². The van der Waals surface area contributed by atoms with Gasteiger partial charge in [-0.1, -0.05) is 44.0 Å². The number of allylic oxidation sites excluding steroid dienone is 4. The van der Waals surface area contributed by atoms with E-state index < -0.39 is 69.2 Å². The fourth-order valence-corrected chi connectivity index (χ4v) is 8.45. The van der Waals surface area contributed by atoms with Gasteiger partial charge in [-0.05, 0) is 41.7 Å². The first-order valence-corrected chi connectivity index (χ1v) is 16.9. The Hall–Kier alpha value is -2.73. The van der Waals surface area contributed by atoms with Crippen LogP contribution < -0.4 is 0 Å². The Balaban J connectivity index is 0.000000402. The zero-order valence-electron chi connectivity index (χ0n) is 24.5. The molecule has 1 N–H and O–H groups in total. The SMILES string of the molecule is CCCCCC[N+]1(C)CCCC1.N=C1C2=Cc3ccccc3C2=CC(S(=O)(=O)C(F)(F)C(F)(F)F)=C1S(=O)(=O)C(F)(F)C(F)(F)F. The highest BCUT2D eigenvalue weighted by Gasteiger charge is 2.72. The normalized spacial score (nSPS) is 18.8. The Morgan fingerprint density at radius 3 is 1.78 bits per heavy atom. The number of nitrogens with one attached hydrogen (secondary N) is 1. The lowest BCUT2D eigenvalue weighted by Gasteiger charge is -2.29. The zero-order chi connectivity index (χ0) is 35.1. The van der Waals surface area contributed by atoms with Gasteiger partial charge in [0.15, 0.2) is 0 Å². The van der Waals surface area contributed by atoms with E-state index in [1.54, 1.807) is 0 Å². The molecule has 6 nitrogen and oxygen atoms in total. The molecule has 1 aliphatic heterocycles. The van der Waals surface area contributed by atoms with Gasteiger partial charge in [0, 0.05) is 18.4 Å². The summed E-state index contributed by atoms with van der Waals surface area (Å²) in [5.74, 6) is 0. The van der Waals surface area contributed by atoms with Gasteiger partial charge in [-0.25, -0.2) is 16.8 Å². The van der Waals surface area contributed by atoms with E-state index in [4.69, 9.17) is 5.41 Å². The second-order valence-electron chi connectivity index (χ2n) is 11.4. The summed E-state index contributed by atoms with van der Waals surface area (Å²) in [5.41, 5.74) is -3.48. The van der Waals surface area contributed by atoms with E-state index in [9.17, 15) is 60.7 Å². The molecule has 1 saturated heterocycles. The molecule has 0 aromatic heterocycles. The molecule has 258 valence electrons. The van der Waals surface area contributed by atoms with Crippen LogP contribution in [0.5, 0.6) is 0 Å². The number of rotatable bonds is 9. The van der Waals surface area contributed by atoms with E-state index in [1.807, 2.05) is 0 Å². The summed E-state index contributed by atoms with van der Waals surface area (Å²) in [6, 6.07) is 4.95. The monoisotopic (exact) mass is 713 g/mol. The van der Waals surface area contributed by atoms with Crippen molar-refractivity contribution < 1.29 is 65.2 Å². The molecule has 0 atom stereocenters. The largest absolute Gasteiger partial charge is 0.469 e. The smallest absolute Gasteiger partial charge is 0.326 e. The third kappa shape index (κ3) is 6.66. The Bertz CT molecular complexity index is 1670. The maximum Gasteiger partial charge on any atom is 0.469 e. The number of fused-ring (bicyclic) bond motifs is 3. The Labute approximate surface area is 259 Å². The van der Waals surface area contributed by atoms with Crippen LogP contribution in [0.2, 0.25) is 0 Å². The number of alkyl halides is 10. The molecule has 18 heteroatoms. The second kappa shape index (κ2) is 12.7. The molecule has 0 bridgehead atoms. The molecular weight excluding hydrogens is 682 g/mol. The van der Waals surface area contributed by atoms with Crippen LogP contribution in [-0.2, 0) is 19.7 Å². The lowest BCUT2D eigenvalue weighted by Crippen LogP contribution is -2.48. The number of halogens is 10. The van der Waals surface area contributed by atoms with Gasteiger partial charge in [0.1, 0.15) is 4.91 Å². The van der Waals surface area contributed by atoms with E-state index in [-0.39, 0.29) is 17.2 Å². The molecule has 0 spiro atoms. The number of sulfone groups is 2. The topological polar surface area (TPSA) is 92.1 Å². The number of benzene rings is 1. The average molecular weight is 714 g/mol. The van der Waals surface area contributed by atoms with Crippen molar-refractivity contribution in [1.82, 2.24) is 0 Å². The Morgan fingerprint density at radius 1 is 0.739 bits per heavy atom. The second-order valence-corrected chi connectivity index (χ2v) is 15.3. The summed E-state index contributed by atoms with van der Waals surface area (Å²) in [6.07, 6.45) is -4.60. The molecule has 4 rings (SSSR count). The molecule has 0 saturated carbocycles. The van der Waals surface area contributed by atoms with E-state index >= 15 is 0 Å². The number of likely N-dealkylation sites (tertiary alicyclic amines) is 1.